The standard InChI is InChI=1S/C14H22F2O5/c15-14(16,10-17)11(21-13-6-2-4-8-19-13)9-20-12-5-1-3-7-18-12/h10-13H,1-9H2. The van der Waals surface area contributed by atoms with Crippen LogP contribution in [0.2, 0.25) is 0 Å². The molecule has 0 aromatic rings. The number of aldehydes is 1. The molecule has 0 N–H and O–H groups in total. The summed E-state index contributed by atoms with van der Waals surface area (Å²) in [6, 6.07) is 0. The van der Waals surface area contributed by atoms with Gasteiger partial charge in [-0.25, -0.2) is 0 Å². The van der Waals surface area contributed by atoms with E-state index in [-0.39, 0.29) is 0 Å². The molecule has 2 fully saturated rings. The Morgan fingerprint density at radius 2 is 1.71 bits per heavy atom. The Morgan fingerprint density at radius 3 is 2.24 bits per heavy atom. The van der Waals surface area contributed by atoms with Crippen LogP contribution in [0.25, 0.3) is 0 Å². The summed E-state index contributed by atoms with van der Waals surface area (Å²) in [7, 11) is 0. The third-order valence-electron chi connectivity index (χ3n) is 3.61. The fraction of sp³-hybridized carbons (Fsp3) is 0.929. The van der Waals surface area contributed by atoms with Crippen molar-refractivity contribution in [2.75, 3.05) is 19.8 Å². The first-order valence-corrected chi connectivity index (χ1v) is 7.46. The molecule has 0 aromatic carbocycles. The van der Waals surface area contributed by atoms with Gasteiger partial charge in [0.2, 0.25) is 0 Å². The van der Waals surface area contributed by atoms with Crippen molar-refractivity contribution >= 4 is 6.29 Å². The van der Waals surface area contributed by atoms with Crippen molar-refractivity contribution in [2.45, 2.75) is 63.1 Å². The van der Waals surface area contributed by atoms with Crippen LogP contribution in [0.3, 0.4) is 0 Å². The van der Waals surface area contributed by atoms with Gasteiger partial charge >= 0.3 is 5.92 Å². The van der Waals surface area contributed by atoms with Crippen LogP contribution in [0.4, 0.5) is 8.78 Å². The second kappa shape index (κ2) is 8.12. The van der Waals surface area contributed by atoms with Gasteiger partial charge in [0.25, 0.3) is 0 Å². The van der Waals surface area contributed by atoms with Crippen LogP contribution in [0.1, 0.15) is 38.5 Å². The second-order valence-electron chi connectivity index (χ2n) is 5.34. The molecule has 3 atom stereocenters. The predicted octanol–water partition coefficient (Wildman–Crippen LogP) is 2.28. The summed E-state index contributed by atoms with van der Waals surface area (Å²) in [5.41, 5.74) is 0. The van der Waals surface area contributed by atoms with Crippen molar-refractivity contribution in [2.24, 2.45) is 0 Å². The normalized spacial score (nSPS) is 29.0. The molecule has 7 heteroatoms. The lowest BCUT2D eigenvalue weighted by Crippen LogP contribution is -2.45. The molecule has 0 aromatic heterocycles. The number of ether oxygens (including phenoxy) is 4. The minimum atomic E-state index is -3.60. The van der Waals surface area contributed by atoms with Gasteiger partial charge in [-0.3, -0.25) is 4.79 Å². The van der Waals surface area contributed by atoms with E-state index in [4.69, 9.17) is 18.9 Å². The van der Waals surface area contributed by atoms with Crippen LogP contribution in [0, 0.1) is 0 Å². The number of carbonyl (C=O) groups is 1. The first-order valence-electron chi connectivity index (χ1n) is 7.46. The van der Waals surface area contributed by atoms with E-state index in [2.05, 4.69) is 0 Å². The summed E-state index contributed by atoms with van der Waals surface area (Å²) in [6.45, 7) is 0.652. The highest BCUT2D eigenvalue weighted by Crippen LogP contribution is 2.25. The molecule has 21 heavy (non-hydrogen) atoms. The van der Waals surface area contributed by atoms with Crippen molar-refractivity contribution in [3.8, 4) is 0 Å². The van der Waals surface area contributed by atoms with Crippen molar-refractivity contribution in [1.82, 2.24) is 0 Å². The molecular weight excluding hydrogens is 286 g/mol. The van der Waals surface area contributed by atoms with Gasteiger partial charge in [0.15, 0.2) is 25.0 Å². The van der Waals surface area contributed by atoms with Gasteiger partial charge < -0.3 is 18.9 Å². The van der Waals surface area contributed by atoms with E-state index in [9.17, 15) is 13.6 Å². The molecule has 0 radical (unpaired) electrons. The Bertz CT molecular complexity index is 314. The Labute approximate surface area is 122 Å². The van der Waals surface area contributed by atoms with E-state index < -0.39 is 37.5 Å². The molecule has 2 heterocycles. The number of hydrogen-bond donors (Lipinski definition) is 0. The van der Waals surface area contributed by atoms with Crippen LogP contribution in [-0.2, 0) is 23.7 Å². The van der Waals surface area contributed by atoms with Gasteiger partial charge in [-0.2, -0.15) is 8.78 Å². The molecule has 0 bridgehead atoms. The highest BCUT2D eigenvalue weighted by Gasteiger charge is 2.43. The average molecular weight is 308 g/mol. The molecule has 0 saturated carbocycles. The minimum absolute atomic E-state index is 0.393. The zero-order chi connectivity index (χ0) is 15.1. The van der Waals surface area contributed by atoms with Crippen LogP contribution >= 0.6 is 0 Å². The molecule has 0 aliphatic carbocycles. The van der Waals surface area contributed by atoms with E-state index in [0.717, 1.165) is 25.7 Å². The number of hydrogen-bond acceptors (Lipinski definition) is 5. The van der Waals surface area contributed by atoms with Crippen molar-refractivity contribution in [1.29, 1.82) is 0 Å². The molecule has 5 nitrogen and oxygen atoms in total. The number of rotatable bonds is 7. The third kappa shape index (κ3) is 5.25. The summed E-state index contributed by atoms with van der Waals surface area (Å²) >= 11 is 0. The fourth-order valence-electron chi connectivity index (χ4n) is 2.36. The van der Waals surface area contributed by atoms with Gasteiger partial charge in [-0.15, -0.1) is 0 Å². The highest BCUT2D eigenvalue weighted by molar-refractivity contribution is 5.60. The largest absolute Gasteiger partial charge is 0.353 e. The smallest absolute Gasteiger partial charge is 0.330 e. The zero-order valence-electron chi connectivity index (χ0n) is 12.0. The predicted molar refractivity (Wildman–Crippen MR) is 69.0 cm³/mol. The second-order valence-corrected chi connectivity index (χ2v) is 5.34. The Morgan fingerprint density at radius 1 is 1.10 bits per heavy atom. The van der Waals surface area contributed by atoms with Crippen molar-refractivity contribution in [3.63, 3.8) is 0 Å². The first kappa shape index (κ1) is 16.7. The van der Waals surface area contributed by atoms with E-state index in [1.54, 1.807) is 0 Å². The number of halogens is 2. The molecule has 122 valence electrons. The SMILES string of the molecule is O=CC(F)(F)C(COC1CCCCO1)OC1CCCCO1. The van der Waals surface area contributed by atoms with E-state index in [1.807, 2.05) is 0 Å². The monoisotopic (exact) mass is 308 g/mol. The molecular formula is C14H22F2O5. The topological polar surface area (TPSA) is 54.0 Å². The minimum Gasteiger partial charge on any atom is -0.353 e. The van der Waals surface area contributed by atoms with E-state index >= 15 is 0 Å². The molecule has 0 amide bonds. The van der Waals surface area contributed by atoms with Gasteiger partial charge in [-0.05, 0) is 38.5 Å². The number of alkyl halides is 2. The maximum atomic E-state index is 13.7. The average Bonchev–Trinajstić information content (AvgIpc) is 2.53. The zero-order valence-corrected chi connectivity index (χ0v) is 12.0. The third-order valence-corrected chi connectivity index (χ3v) is 3.61. The van der Waals surface area contributed by atoms with Crippen molar-refractivity contribution in [3.05, 3.63) is 0 Å². The summed E-state index contributed by atoms with van der Waals surface area (Å²) < 4.78 is 48.5. The summed E-state index contributed by atoms with van der Waals surface area (Å²) in [4.78, 5) is 10.6. The Balaban J connectivity index is 1.86. The Kier molecular flexibility index (Phi) is 6.47. The van der Waals surface area contributed by atoms with Gasteiger partial charge in [-0.1, -0.05) is 0 Å². The van der Waals surface area contributed by atoms with Crippen LogP contribution in [-0.4, -0.2) is 50.7 Å². The van der Waals surface area contributed by atoms with E-state index in [1.165, 1.54) is 0 Å². The summed E-state index contributed by atoms with van der Waals surface area (Å²) in [5.74, 6) is -3.60. The van der Waals surface area contributed by atoms with Crippen LogP contribution in [0.5, 0.6) is 0 Å². The molecule has 2 saturated heterocycles. The Hall–Kier alpha value is -0.630. The van der Waals surface area contributed by atoms with E-state index in [0.29, 0.717) is 26.1 Å². The van der Waals surface area contributed by atoms with Crippen LogP contribution < -0.4 is 0 Å². The molecule has 3 unspecified atom stereocenters. The number of carbonyl (C=O) groups excluding carboxylic acids is 1. The van der Waals surface area contributed by atoms with Gasteiger partial charge in [0, 0.05) is 13.2 Å². The molecule has 2 rings (SSSR count). The highest BCUT2D eigenvalue weighted by atomic mass is 19.3. The van der Waals surface area contributed by atoms with Crippen LogP contribution in [0.15, 0.2) is 0 Å². The summed E-state index contributed by atoms with van der Waals surface area (Å²) in [6.07, 6.45) is 1.59. The summed E-state index contributed by atoms with van der Waals surface area (Å²) in [5, 5.41) is 0. The lowest BCUT2D eigenvalue weighted by Gasteiger charge is -2.31. The first-order chi connectivity index (χ1) is 10.1. The maximum Gasteiger partial charge on any atom is 0.330 e. The molecule has 2 aliphatic rings. The lowest BCUT2D eigenvalue weighted by molar-refractivity contribution is -0.258. The molecule has 0 spiro atoms. The quantitative estimate of drug-likeness (QED) is 0.675. The maximum absolute atomic E-state index is 13.7. The van der Waals surface area contributed by atoms with Gasteiger partial charge in [0.1, 0.15) is 0 Å². The molecule has 2 aliphatic heterocycles. The van der Waals surface area contributed by atoms with Crippen molar-refractivity contribution < 1.29 is 32.5 Å². The fourth-order valence-corrected chi connectivity index (χ4v) is 2.36. The lowest BCUT2D eigenvalue weighted by atomic mass is 10.2. The van der Waals surface area contributed by atoms with Gasteiger partial charge in [0.05, 0.1) is 6.61 Å².